The lowest BCUT2D eigenvalue weighted by Gasteiger charge is -2.32. The minimum Gasteiger partial charge on any atom is -0.318 e. The van der Waals surface area contributed by atoms with E-state index in [1.165, 1.54) is 28.2 Å². The molecule has 5 nitrogen and oxygen atoms in total. The zero-order valence-electron chi connectivity index (χ0n) is 16.6. The maximum absolute atomic E-state index is 13.6. The summed E-state index contributed by atoms with van der Waals surface area (Å²) in [6.45, 7) is 2.46. The molecule has 30 heavy (non-hydrogen) atoms. The molecule has 6 heteroatoms. The van der Waals surface area contributed by atoms with Crippen molar-refractivity contribution in [3.63, 3.8) is 0 Å². The van der Waals surface area contributed by atoms with Gasteiger partial charge in [-0.05, 0) is 45.8 Å². The number of aromatic nitrogens is 4. The van der Waals surface area contributed by atoms with Crippen molar-refractivity contribution in [3.05, 3.63) is 113 Å². The fourth-order valence-corrected chi connectivity index (χ4v) is 4.36. The van der Waals surface area contributed by atoms with Gasteiger partial charge in [0.15, 0.2) is 6.04 Å². The second kappa shape index (κ2) is 8.16. The molecule has 5 rings (SSSR count). The second-order valence-corrected chi connectivity index (χ2v) is 7.77. The number of hydrogen-bond donors (Lipinski definition) is 1. The van der Waals surface area contributed by atoms with E-state index < -0.39 is 0 Å². The fourth-order valence-electron chi connectivity index (χ4n) is 4.36. The fraction of sp³-hybridized carbons (Fsp3) is 0.208. The number of tetrazole rings is 1. The van der Waals surface area contributed by atoms with Crippen LogP contribution >= 0.6 is 0 Å². The minimum absolute atomic E-state index is 0.0716. The van der Waals surface area contributed by atoms with Crippen LogP contribution in [0.2, 0.25) is 0 Å². The summed E-state index contributed by atoms with van der Waals surface area (Å²) in [7, 11) is 0. The lowest BCUT2D eigenvalue weighted by Crippen LogP contribution is -3.12. The quantitative estimate of drug-likeness (QED) is 0.560. The van der Waals surface area contributed by atoms with E-state index in [-0.39, 0.29) is 11.9 Å². The smallest absolute Gasteiger partial charge is 0.214 e. The molecular weight excluding hydrogens is 377 g/mol. The minimum atomic E-state index is -0.236. The molecule has 0 fully saturated rings. The third kappa shape index (κ3) is 3.74. The largest absolute Gasteiger partial charge is 0.318 e. The molecule has 0 aliphatic carbocycles. The Morgan fingerprint density at radius 1 is 0.900 bits per heavy atom. The van der Waals surface area contributed by atoms with Crippen molar-refractivity contribution in [3.8, 4) is 0 Å². The Labute approximate surface area is 174 Å². The topological polar surface area (TPSA) is 48.0 Å². The number of benzene rings is 3. The van der Waals surface area contributed by atoms with Gasteiger partial charge in [0, 0.05) is 17.5 Å². The van der Waals surface area contributed by atoms with Crippen molar-refractivity contribution in [1.29, 1.82) is 0 Å². The molecule has 0 bridgehead atoms. The summed E-state index contributed by atoms with van der Waals surface area (Å²) >= 11 is 0. The first-order chi connectivity index (χ1) is 14.8. The molecule has 0 radical (unpaired) electrons. The van der Waals surface area contributed by atoms with E-state index in [1.54, 1.807) is 0 Å². The van der Waals surface area contributed by atoms with Gasteiger partial charge < -0.3 is 4.90 Å². The molecule has 1 N–H and O–H groups in total. The molecule has 0 saturated heterocycles. The van der Waals surface area contributed by atoms with Crippen LogP contribution in [0.1, 0.15) is 34.1 Å². The molecule has 2 atom stereocenters. The molecule has 0 spiro atoms. The van der Waals surface area contributed by atoms with Crippen molar-refractivity contribution in [2.75, 3.05) is 6.54 Å². The normalized spacial score (nSPS) is 16.8. The average molecular weight is 400 g/mol. The van der Waals surface area contributed by atoms with Gasteiger partial charge in [-0.3, -0.25) is 0 Å². The summed E-state index contributed by atoms with van der Waals surface area (Å²) in [6.07, 6.45) is 1.00. The van der Waals surface area contributed by atoms with Crippen molar-refractivity contribution in [2.45, 2.75) is 25.6 Å². The average Bonchev–Trinajstić information content (AvgIpc) is 3.23. The number of halogens is 1. The predicted molar refractivity (Wildman–Crippen MR) is 111 cm³/mol. The first-order valence-corrected chi connectivity index (χ1v) is 10.2. The third-order valence-corrected chi connectivity index (χ3v) is 5.86. The SMILES string of the molecule is Fc1ccc([C@@H](c2nnnn2Cc2ccccc2)[NH+]2CCc3ccccc3C2)cc1. The van der Waals surface area contributed by atoms with Gasteiger partial charge in [-0.15, -0.1) is 5.10 Å². The predicted octanol–water partition coefficient (Wildman–Crippen LogP) is 2.59. The summed E-state index contributed by atoms with van der Waals surface area (Å²) < 4.78 is 15.5. The highest BCUT2D eigenvalue weighted by atomic mass is 19.1. The highest BCUT2D eigenvalue weighted by Crippen LogP contribution is 2.21. The summed E-state index contributed by atoms with van der Waals surface area (Å²) in [5, 5.41) is 12.7. The van der Waals surface area contributed by atoms with Crippen LogP contribution < -0.4 is 4.90 Å². The first-order valence-electron chi connectivity index (χ1n) is 10.2. The van der Waals surface area contributed by atoms with Crippen molar-refractivity contribution < 1.29 is 9.29 Å². The number of nitrogens with one attached hydrogen (secondary N) is 1. The highest BCUT2D eigenvalue weighted by Gasteiger charge is 2.34. The number of quaternary nitrogens is 1. The Morgan fingerprint density at radius 2 is 1.63 bits per heavy atom. The van der Waals surface area contributed by atoms with Crippen molar-refractivity contribution in [2.24, 2.45) is 0 Å². The van der Waals surface area contributed by atoms with Crippen molar-refractivity contribution in [1.82, 2.24) is 20.2 Å². The monoisotopic (exact) mass is 400 g/mol. The van der Waals surface area contributed by atoms with Gasteiger partial charge in [0.25, 0.3) is 0 Å². The van der Waals surface area contributed by atoms with Crippen LogP contribution in [0.15, 0.2) is 78.9 Å². The van der Waals surface area contributed by atoms with Gasteiger partial charge >= 0.3 is 0 Å². The molecule has 1 aliphatic rings. The number of hydrogen-bond acceptors (Lipinski definition) is 3. The lowest BCUT2D eigenvalue weighted by molar-refractivity contribution is -0.941. The van der Waals surface area contributed by atoms with Gasteiger partial charge in [0.2, 0.25) is 5.82 Å². The van der Waals surface area contributed by atoms with Crippen LogP contribution in [0, 0.1) is 5.82 Å². The van der Waals surface area contributed by atoms with Crippen LogP contribution in [0.4, 0.5) is 4.39 Å². The molecule has 0 amide bonds. The molecule has 150 valence electrons. The lowest BCUT2D eigenvalue weighted by atomic mass is 9.96. The molecule has 0 saturated carbocycles. The molecular formula is C24H23FN5+. The Balaban J connectivity index is 1.53. The first kappa shape index (κ1) is 18.6. The number of nitrogens with zero attached hydrogens (tertiary/aromatic N) is 4. The Kier molecular flexibility index (Phi) is 5.07. The van der Waals surface area contributed by atoms with Crippen LogP contribution in [0.25, 0.3) is 0 Å². The molecule has 1 aliphatic heterocycles. The zero-order chi connectivity index (χ0) is 20.3. The van der Waals surface area contributed by atoms with E-state index >= 15 is 0 Å². The molecule has 1 unspecified atom stereocenters. The van der Waals surface area contributed by atoms with E-state index in [2.05, 4.69) is 51.9 Å². The van der Waals surface area contributed by atoms with E-state index in [4.69, 9.17) is 0 Å². The van der Waals surface area contributed by atoms with Gasteiger partial charge in [-0.25, -0.2) is 9.07 Å². The maximum atomic E-state index is 13.6. The summed E-state index contributed by atoms with van der Waals surface area (Å²) in [5.74, 6) is 0.570. The Hall–Kier alpha value is -3.38. The summed E-state index contributed by atoms with van der Waals surface area (Å²) in [6, 6.07) is 25.5. The Morgan fingerprint density at radius 3 is 2.43 bits per heavy atom. The molecule has 4 aromatic rings. The number of rotatable bonds is 5. The van der Waals surface area contributed by atoms with Gasteiger partial charge in [0.05, 0.1) is 13.1 Å². The van der Waals surface area contributed by atoms with Crippen LogP contribution in [-0.4, -0.2) is 26.8 Å². The van der Waals surface area contributed by atoms with Gasteiger partial charge in [0.1, 0.15) is 12.4 Å². The molecule has 2 heterocycles. The second-order valence-electron chi connectivity index (χ2n) is 7.77. The zero-order valence-corrected chi connectivity index (χ0v) is 16.6. The molecule has 3 aromatic carbocycles. The van der Waals surface area contributed by atoms with Gasteiger partial charge in [-0.1, -0.05) is 54.6 Å². The number of fused-ring (bicyclic) bond motifs is 1. The third-order valence-electron chi connectivity index (χ3n) is 5.86. The maximum Gasteiger partial charge on any atom is 0.214 e. The highest BCUT2D eigenvalue weighted by molar-refractivity contribution is 5.29. The summed E-state index contributed by atoms with van der Waals surface area (Å²) in [4.78, 5) is 1.37. The van der Waals surface area contributed by atoms with Gasteiger partial charge in [-0.2, -0.15) is 0 Å². The standard InChI is InChI=1S/C24H22FN5/c25-22-12-10-20(11-13-22)23(29-15-14-19-8-4-5-9-21(19)17-29)24-26-27-28-30(24)16-18-6-2-1-3-7-18/h1-13,23H,14-17H2/p+1/t23-/m0/s1. The van der Waals surface area contributed by atoms with Crippen LogP contribution in [0.3, 0.4) is 0 Å². The van der Waals surface area contributed by atoms with E-state index in [0.29, 0.717) is 6.54 Å². The summed E-state index contributed by atoms with van der Waals surface area (Å²) in [5.41, 5.74) is 4.92. The van der Waals surface area contributed by atoms with E-state index in [0.717, 1.165) is 36.5 Å². The van der Waals surface area contributed by atoms with E-state index in [9.17, 15) is 4.39 Å². The van der Waals surface area contributed by atoms with Crippen molar-refractivity contribution >= 4 is 0 Å². The van der Waals surface area contributed by atoms with E-state index in [1.807, 2.05) is 35.0 Å². The molecule has 1 aromatic heterocycles. The van der Waals surface area contributed by atoms with Crippen LogP contribution in [-0.2, 0) is 19.5 Å². The Bertz CT molecular complexity index is 1120. The van der Waals surface area contributed by atoms with Crippen LogP contribution in [0.5, 0.6) is 0 Å².